The van der Waals surface area contributed by atoms with Crippen molar-refractivity contribution >= 4 is 23.9 Å². The van der Waals surface area contributed by atoms with Gasteiger partial charge in [-0.15, -0.1) is 11.8 Å². The number of carbonyl (C=O) groups is 1. The number of rotatable bonds is 7. The molecule has 0 spiro atoms. The average Bonchev–Trinajstić information content (AvgIpc) is 2.64. The van der Waals surface area contributed by atoms with E-state index >= 15 is 0 Å². The van der Waals surface area contributed by atoms with Crippen LogP contribution in [0.25, 0.3) is 0 Å². The van der Waals surface area contributed by atoms with Crippen molar-refractivity contribution in [1.82, 2.24) is 5.32 Å². The molecule has 0 radical (unpaired) electrons. The maximum absolute atomic E-state index is 12.3. The molecule has 4 nitrogen and oxygen atoms in total. The summed E-state index contributed by atoms with van der Waals surface area (Å²) in [5.41, 5.74) is 1.29. The van der Waals surface area contributed by atoms with Gasteiger partial charge in [-0.3, -0.25) is 4.79 Å². The van der Waals surface area contributed by atoms with Gasteiger partial charge in [-0.1, -0.05) is 17.3 Å². The van der Waals surface area contributed by atoms with Gasteiger partial charge in [0.1, 0.15) is 0 Å². The summed E-state index contributed by atoms with van der Waals surface area (Å²) in [6, 6.07) is 8.31. The fourth-order valence-electron chi connectivity index (χ4n) is 6.03. The molecule has 27 heavy (non-hydrogen) atoms. The van der Waals surface area contributed by atoms with Gasteiger partial charge in [0.05, 0.1) is 6.21 Å². The van der Waals surface area contributed by atoms with Crippen LogP contribution in [0.3, 0.4) is 0 Å². The molecule has 146 valence electrons. The smallest absolute Gasteiger partial charge is 0.261 e. The molecule has 5 heteroatoms. The number of amides is 1. The highest BCUT2D eigenvalue weighted by Crippen LogP contribution is 2.61. The number of nitrogens with zero attached hydrogens (tertiary/aromatic N) is 1. The molecule has 1 atom stereocenters. The van der Waals surface area contributed by atoms with E-state index in [1.807, 2.05) is 24.3 Å². The standard InChI is InChI=1S/C22H30N2O2S/c1-15(22-10-17-7-18(11-22)9-19(8-17)12-22)24-21(25)14-26-23-13-16-3-5-20(27-2)6-4-16/h3-6,13,15,17-19H,7-12,14H2,1-2H3,(H,24,25)/b23-13+. The Labute approximate surface area is 166 Å². The van der Waals surface area contributed by atoms with E-state index in [1.165, 1.54) is 43.4 Å². The minimum absolute atomic E-state index is 0.0178. The SMILES string of the molecule is CSc1ccc(/C=N/OCC(=O)NC(C)C23CC4CC(CC(C4)C2)C3)cc1. The lowest BCUT2D eigenvalue weighted by Gasteiger charge is -2.59. The van der Waals surface area contributed by atoms with Crippen molar-refractivity contribution in [2.24, 2.45) is 28.3 Å². The number of benzene rings is 1. The molecule has 1 aromatic rings. The summed E-state index contributed by atoms with van der Waals surface area (Å²) in [6.07, 6.45) is 11.9. The number of nitrogens with one attached hydrogen (secondary N) is 1. The Bertz CT molecular complexity index is 665. The van der Waals surface area contributed by atoms with Crippen molar-refractivity contribution in [1.29, 1.82) is 0 Å². The molecule has 1 amide bonds. The van der Waals surface area contributed by atoms with Gasteiger partial charge in [-0.2, -0.15) is 0 Å². The number of thioether (sulfide) groups is 1. The molecule has 0 aromatic heterocycles. The van der Waals surface area contributed by atoms with Gasteiger partial charge in [0, 0.05) is 10.9 Å². The molecule has 5 rings (SSSR count). The number of oxime groups is 1. The Kier molecular flexibility index (Phi) is 5.49. The van der Waals surface area contributed by atoms with E-state index in [4.69, 9.17) is 4.84 Å². The molecule has 4 aliphatic carbocycles. The summed E-state index contributed by atoms with van der Waals surface area (Å²) >= 11 is 1.71. The van der Waals surface area contributed by atoms with Crippen molar-refractivity contribution < 1.29 is 9.63 Å². The van der Waals surface area contributed by atoms with Crippen molar-refractivity contribution in [3.8, 4) is 0 Å². The molecule has 4 aliphatic rings. The van der Waals surface area contributed by atoms with Crippen LogP contribution in [0.5, 0.6) is 0 Å². The maximum Gasteiger partial charge on any atom is 0.261 e. The molecule has 4 bridgehead atoms. The van der Waals surface area contributed by atoms with Crippen molar-refractivity contribution in [3.05, 3.63) is 29.8 Å². The van der Waals surface area contributed by atoms with Crippen LogP contribution < -0.4 is 5.32 Å². The number of carbonyl (C=O) groups excluding carboxylic acids is 1. The third-order valence-corrected chi connectivity index (χ3v) is 7.71. The fraction of sp³-hybridized carbons (Fsp3) is 0.636. The van der Waals surface area contributed by atoms with E-state index < -0.39 is 0 Å². The van der Waals surface area contributed by atoms with Crippen molar-refractivity contribution in [2.75, 3.05) is 12.9 Å². The van der Waals surface area contributed by atoms with Gasteiger partial charge >= 0.3 is 0 Å². The van der Waals surface area contributed by atoms with Gasteiger partial charge in [-0.05, 0) is 92.6 Å². The van der Waals surface area contributed by atoms with Crippen LogP contribution >= 0.6 is 11.8 Å². The summed E-state index contributed by atoms with van der Waals surface area (Å²) in [5.74, 6) is 2.63. The lowest BCUT2D eigenvalue weighted by atomic mass is 9.48. The number of hydrogen-bond acceptors (Lipinski definition) is 4. The molecule has 4 fully saturated rings. The van der Waals surface area contributed by atoms with Crippen LogP contribution in [0.2, 0.25) is 0 Å². The van der Waals surface area contributed by atoms with Crippen LogP contribution in [0.15, 0.2) is 34.3 Å². The quantitative estimate of drug-likeness (QED) is 0.427. The molecule has 0 aliphatic heterocycles. The van der Waals surface area contributed by atoms with Gasteiger partial charge < -0.3 is 10.2 Å². The van der Waals surface area contributed by atoms with Crippen molar-refractivity contribution in [3.63, 3.8) is 0 Å². The second-order valence-electron chi connectivity index (χ2n) is 8.85. The summed E-state index contributed by atoms with van der Waals surface area (Å²) in [6.45, 7) is 2.18. The van der Waals surface area contributed by atoms with Crippen LogP contribution in [-0.4, -0.2) is 31.0 Å². The minimum Gasteiger partial charge on any atom is -0.386 e. The lowest BCUT2D eigenvalue weighted by molar-refractivity contribution is -0.130. The highest BCUT2D eigenvalue weighted by atomic mass is 32.2. The monoisotopic (exact) mass is 386 g/mol. The maximum atomic E-state index is 12.3. The minimum atomic E-state index is -0.0619. The second kappa shape index (κ2) is 7.86. The first kappa shape index (κ1) is 18.9. The second-order valence-corrected chi connectivity index (χ2v) is 9.73. The lowest BCUT2D eigenvalue weighted by Crippen LogP contribution is -2.56. The van der Waals surface area contributed by atoms with E-state index in [-0.39, 0.29) is 18.6 Å². The Morgan fingerprint density at radius 1 is 1.22 bits per heavy atom. The molecule has 0 saturated heterocycles. The Hall–Kier alpha value is -1.49. The molecule has 4 saturated carbocycles. The predicted octanol–water partition coefficient (Wildman–Crippen LogP) is 4.48. The van der Waals surface area contributed by atoms with E-state index in [9.17, 15) is 4.79 Å². The molecule has 0 heterocycles. The van der Waals surface area contributed by atoms with Gasteiger partial charge in [0.25, 0.3) is 5.91 Å². The number of hydrogen-bond donors (Lipinski definition) is 1. The third-order valence-electron chi connectivity index (χ3n) is 6.97. The zero-order valence-corrected chi connectivity index (χ0v) is 17.1. The highest BCUT2D eigenvalue weighted by Gasteiger charge is 2.53. The van der Waals surface area contributed by atoms with E-state index in [2.05, 4.69) is 23.7 Å². The Morgan fingerprint density at radius 3 is 2.37 bits per heavy atom. The van der Waals surface area contributed by atoms with Gasteiger partial charge in [0.15, 0.2) is 6.61 Å². The average molecular weight is 387 g/mol. The molecule has 1 aromatic carbocycles. The van der Waals surface area contributed by atoms with Crippen LogP contribution in [0.4, 0.5) is 0 Å². The normalized spacial score (nSPS) is 32.6. The summed E-state index contributed by atoms with van der Waals surface area (Å²) in [5, 5.41) is 7.15. The summed E-state index contributed by atoms with van der Waals surface area (Å²) < 4.78 is 0. The van der Waals surface area contributed by atoms with Crippen LogP contribution in [0.1, 0.15) is 51.0 Å². The van der Waals surface area contributed by atoms with E-state index in [0.717, 1.165) is 23.3 Å². The highest BCUT2D eigenvalue weighted by molar-refractivity contribution is 7.98. The Balaban J connectivity index is 1.25. The molecular weight excluding hydrogens is 356 g/mol. The van der Waals surface area contributed by atoms with Crippen molar-refractivity contribution in [2.45, 2.75) is 56.4 Å². The fourth-order valence-corrected chi connectivity index (χ4v) is 6.44. The molecule has 1 N–H and O–H groups in total. The topological polar surface area (TPSA) is 50.7 Å². The first-order valence-electron chi connectivity index (χ1n) is 10.1. The largest absolute Gasteiger partial charge is 0.386 e. The molecule has 1 unspecified atom stereocenters. The third kappa shape index (κ3) is 4.18. The van der Waals surface area contributed by atoms with E-state index in [0.29, 0.717) is 5.41 Å². The zero-order chi connectivity index (χ0) is 18.9. The van der Waals surface area contributed by atoms with Crippen LogP contribution in [0, 0.1) is 23.2 Å². The first-order chi connectivity index (χ1) is 13.1. The van der Waals surface area contributed by atoms with E-state index in [1.54, 1.807) is 18.0 Å². The Morgan fingerprint density at radius 2 is 1.81 bits per heavy atom. The first-order valence-corrected chi connectivity index (χ1v) is 11.4. The molecular formula is C22H30N2O2S. The van der Waals surface area contributed by atoms with Gasteiger partial charge in [-0.25, -0.2) is 0 Å². The van der Waals surface area contributed by atoms with Gasteiger partial charge in [0.2, 0.25) is 0 Å². The summed E-state index contributed by atoms with van der Waals surface area (Å²) in [4.78, 5) is 18.8. The zero-order valence-electron chi connectivity index (χ0n) is 16.3. The predicted molar refractivity (Wildman–Crippen MR) is 110 cm³/mol. The van der Waals surface area contributed by atoms with Crippen LogP contribution in [-0.2, 0) is 9.63 Å². The summed E-state index contributed by atoms with van der Waals surface area (Å²) in [7, 11) is 0.